The van der Waals surface area contributed by atoms with Crippen molar-refractivity contribution in [3.63, 3.8) is 0 Å². The van der Waals surface area contributed by atoms with Gasteiger partial charge in [-0.3, -0.25) is 53.1 Å². The number of hydrogen-bond donors (Lipinski definition) is 1. The van der Waals surface area contributed by atoms with Crippen LogP contribution in [-0.2, 0) is 124 Å². The van der Waals surface area contributed by atoms with Crippen LogP contribution >= 0.6 is 13.6 Å². The molecular formula is C107H147BrF6N7NaO24S3Zn. The molecule has 31 nitrogen and oxygen atoms in total. The quantitative estimate of drug-likeness (QED) is 0.0118. The number of sulfonamides is 2. The van der Waals surface area contributed by atoms with Crippen LogP contribution in [0.4, 0.5) is 36.8 Å². The molecule has 7 aliphatic rings. The van der Waals surface area contributed by atoms with Crippen LogP contribution < -0.4 is 48.4 Å². The molecule has 0 amide bonds. The van der Waals surface area contributed by atoms with Gasteiger partial charge in [-0.05, 0) is 301 Å². The van der Waals surface area contributed by atoms with Gasteiger partial charge >= 0.3 is 133 Å². The molecule has 150 heavy (non-hydrogen) atoms. The number of para-hydroxylation sites is 1. The Morgan fingerprint density at radius 1 is 0.527 bits per heavy atom. The Bertz CT molecular complexity index is 5460. The molecule has 6 heterocycles. The van der Waals surface area contributed by atoms with E-state index in [2.05, 4.69) is 74.4 Å². The summed E-state index contributed by atoms with van der Waals surface area (Å²) in [7, 11) is -14.6. The second-order valence-electron chi connectivity index (χ2n) is 36.3. The summed E-state index contributed by atoms with van der Waals surface area (Å²) >= 11 is 4.25. The van der Waals surface area contributed by atoms with E-state index in [9.17, 15) is 90.0 Å². The summed E-state index contributed by atoms with van der Waals surface area (Å²) in [6.07, 6.45) is 37.3. The van der Waals surface area contributed by atoms with E-state index in [0.717, 1.165) is 153 Å². The topological polar surface area (TPSA) is 417 Å². The zero-order valence-corrected chi connectivity index (χ0v) is 97.9. The number of ketones is 1. The first-order valence-corrected chi connectivity index (χ1v) is 62.2. The summed E-state index contributed by atoms with van der Waals surface area (Å²) in [6.45, 7) is 25.9. The Labute approximate surface area is 919 Å². The number of piperidine rings is 1. The Morgan fingerprint density at radius 3 is 1.30 bits per heavy atom. The van der Waals surface area contributed by atoms with Crippen molar-refractivity contribution >= 4 is 114 Å². The predicted octanol–water partition coefficient (Wildman–Crippen LogP) is 18.3. The SMILES string of the molecule is CCOC(=O)C1CC=C(OS(=O)(=O)C(F)(F)F)CC1.CCOC(=O)C1CC=C(c2ccccn2)CC1.CCOC(=O)C1CCC(=O)CC1.CCOC(=O)C1CCC(C2CCCCN2)CC1.CCOC(=O)C1CCC(c2ccccn2)CC1.CCOC(=O)C1CCC(c2ccccn2)CC1.CC[O-].CCc1c(OC)cc(C)c2c1ccn2C(=O)OC(C)(C)C.CS(=O)(=O)N(c1ccccc1)S(=O)(=O)C(F)(F)F.[Na+].[Zn+][Br].[c-]1ccccn1. The van der Waals surface area contributed by atoms with Crippen molar-refractivity contribution in [3.05, 3.63) is 199 Å². The van der Waals surface area contributed by atoms with Crippen molar-refractivity contribution in [2.45, 2.75) is 285 Å². The van der Waals surface area contributed by atoms with Gasteiger partial charge in [-0.15, -0.1) is 6.61 Å². The zero-order chi connectivity index (χ0) is 111. The summed E-state index contributed by atoms with van der Waals surface area (Å²) in [6, 6.07) is 33.9. The fraction of sp³-hybridized carbons (Fsp3) is 0.570. The van der Waals surface area contributed by atoms with Gasteiger partial charge in [0, 0.05) is 84.3 Å². The molecule has 5 fully saturated rings. The number of ether oxygens (including phenoxy) is 8. The van der Waals surface area contributed by atoms with E-state index in [-0.39, 0.29) is 139 Å². The number of nitrogens with zero attached hydrogens (tertiary/aromatic N) is 6. The number of Topliss-reactive ketones (excluding diaryl/α,β-unsaturated/α-hetero) is 1. The molecule has 0 bridgehead atoms. The molecule has 4 saturated carbocycles. The minimum Gasteiger partial charge on any atom is -0.394 e. The average Bonchev–Trinajstić information content (AvgIpc) is 1.75. The number of carbonyl (C=O) groups is 8. The molecule has 2 aromatic carbocycles. The number of benzene rings is 2. The maximum atomic E-state index is 12.4. The van der Waals surface area contributed by atoms with E-state index in [1.165, 1.54) is 84.8 Å². The van der Waals surface area contributed by atoms with Crippen molar-refractivity contribution in [2.75, 3.05) is 69.9 Å². The first kappa shape index (κ1) is 135. The first-order chi connectivity index (χ1) is 70.8. The number of fused-ring (bicyclic) bond motifs is 1. The molecule has 7 aromatic rings. The van der Waals surface area contributed by atoms with Gasteiger partial charge in [0.05, 0.1) is 105 Å². The van der Waals surface area contributed by atoms with Gasteiger partial charge in [0.25, 0.3) is 0 Å². The van der Waals surface area contributed by atoms with E-state index in [0.29, 0.717) is 82.9 Å². The van der Waals surface area contributed by atoms with Crippen LogP contribution in [0.25, 0.3) is 16.5 Å². The average molecular weight is 2290 g/mol. The maximum Gasteiger partial charge on any atom is -0.0813 e. The summed E-state index contributed by atoms with van der Waals surface area (Å²) in [5.74, 6) is 1.93. The minimum atomic E-state index is -6.00. The largest absolute Gasteiger partial charge is 0.394 e. The van der Waals surface area contributed by atoms with Crippen LogP contribution in [0.5, 0.6) is 5.75 Å². The van der Waals surface area contributed by atoms with Crippen LogP contribution in [0.1, 0.15) is 277 Å². The Balaban J connectivity index is 0.000000434. The number of hydrogen-bond acceptors (Lipinski definition) is 29. The van der Waals surface area contributed by atoms with Gasteiger partial charge in [0.1, 0.15) is 22.9 Å². The van der Waals surface area contributed by atoms with Gasteiger partial charge in [-0.1, -0.05) is 75.1 Å². The third-order valence-corrected chi connectivity index (χ3v) is 29.0. The van der Waals surface area contributed by atoms with E-state index >= 15 is 0 Å². The molecule has 1 N–H and O–H groups in total. The smallest absolute Gasteiger partial charge is 0.0813 e. The molecule has 824 valence electrons. The number of aromatic nitrogens is 5. The Hall–Kier alpha value is -9.13. The van der Waals surface area contributed by atoms with Crippen LogP contribution in [0.3, 0.4) is 0 Å². The third kappa shape index (κ3) is 47.4. The number of pyridine rings is 4. The summed E-state index contributed by atoms with van der Waals surface area (Å²) in [5, 5.41) is 13.6. The van der Waals surface area contributed by atoms with Gasteiger partial charge in [-0.25, -0.2) is 13.2 Å². The fourth-order valence-electron chi connectivity index (χ4n) is 17.4. The van der Waals surface area contributed by atoms with Crippen LogP contribution in [-0.4, -0.2) is 186 Å². The van der Waals surface area contributed by atoms with Gasteiger partial charge in [0.2, 0.25) is 10.0 Å². The Morgan fingerprint density at radius 2 is 0.953 bits per heavy atom. The predicted molar refractivity (Wildman–Crippen MR) is 552 cm³/mol. The van der Waals surface area contributed by atoms with E-state index < -0.39 is 68.1 Å². The monoisotopic (exact) mass is 2290 g/mol. The molecule has 14 rings (SSSR count). The van der Waals surface area contributed by atoms with Crippen molar-refractivity contribution in [2.24, 2.45) is 41.4 Å². The van der Waals surface area contributed by atoms with Gasteiger partial charge < -0.3 is 57.5 Å². The zero-order valence-electron chi connectivity index (χ0n) is 88.9. The number of halogens is 7. The number of esters is 6. The van der Waals surface area contributed by atoms with Crippen molar-refractivity contribution < 1.29 is 183 Å². The van der Waals surface area contributed by atoms with E-state index in [4.69, 9.17) is 43.0 Å². The van der Waals surface area contributed by atoms with Gasteiger partial charge in [-0.2, -0.15) is 65.1 Å². The fourth-order valence-corrected chi connectivity index (χ4v) is 20.7. The number of aryl methyl sites for hydroxylation is 2. The van der Waals surface area contributed by atoms with Crippen LogP contribution in [0.2, 0.25) is 0 Å². The number of alkyl halides is 6. The first-order valence-electron chi connectivity index (χ1n) is 50.6. The molecule has 0 spiro atoms. The number of methoxy groups -OCH3 is 1. The van der Waals surface area contributed by atoms with Crippen molar-refractivity contribution in [1.82, 2.24) is 29.8 Å². The van der Waals surface area contributed by atoms with E-state index in [1.54, 1.807) is 57.1 Å². The van der Waals surface area contributed by atoms with Crippen molar-refractivity contribution in [1.29, 1.82) is 0 Å². The Kier molecular flexibility index (Phi) is 63.9. The molecule has 0 radical (unpaired) electrons. The molecule has 6 aliphatic carbocycles. The summed E-state index contributed by atoms with van der Waals surface area (Å²) < 4.78 is 186. The number of allylic oxidation sites excluding steroid dienone is 4. The molecule has 43 heteroatoms. The number of carbonyl (C=O) groups excluding carboxylic acids is 8. The standard InChI is InChI=1S/C17H23NO3.C14H25NO2.2C14H19NO2.C14H17NO2.C10H13F3O5S.C9H14O3.C8H8F3NO4S2.C5H4N.C2H5O.BrH.Na.Zn/c1-7-12-13-8-9-18(16(19)21-17(3,4)5)15(13)11(2)10-14(12)20-6;4*1-2-17-14(16)12-8-6-11(7-9-12)13-5-3-4-10-15-13;1-2-17-9(14)7-3-5-8(6-4-7)18-19(15,16)10(11,12)13;1-2-12-9(11)7-3-5-8(10)6-4-7;1-17(13,14)12(7-5-3-2-4-6-7)18(15,16)8(9,10)11;1-2-4-6-5-3-1;1-2-3;;;/h8-10H,7H2,1-6H3;11-13,15H,2-10H2,1H3;2*3-5,10-12H,2,6-9H2,1H3;3-6,10,12H,2,7-9H2,1H3;5,7H,2-4,6H2,1H3;7H,2-6H2,1H3;2-6H,1H3;1-4H;2H2,1H3;1H;;/q;;;;;;;;2*-1;;+1;+2/p-1. The molecular weight excluding hydrogens is 2150 g/mol. The van der Waals surface area contributed by atoms with Crippen molar-refractivity contribution in [3.8, 4) is 5.75 Å². The number of nitrogens with one attached hydrogen (secondary N) is 1. The van der Waals surface area contributed by atoms with Gasteiger partial charge in [0.15, 0.2) is 0 Å². The molecule has 1 aliphatic heterocycles. The molecule has 3 atom stereocenters. The van der Waals surface area contributed by atoms with E-state index in [1.807, 2.05) is 135 Å². The molecule has 5 aromatic heterocycles. The summed E-state index contributed by atoms with van der Waals surface area (Å²) in [5.41, 5.74) is -4.68. The van der Waals surface area contributed by atoms with Crippen LogP contribution in [0, 0.1) is 54.5 Å². The minimum absolute atomic E-state index is 0. The second kappa shape index (κ2) is 71.0. The normalized spacial score (nSPS) is 19.5. The summed E-state index contributed by atoms with van der Waals surface area (Å²) in [4.78, 5) is 109. The number of rotatable bonds is 23. The molecule has 1 saturated heterocycles. The maximum absolute atomic E-state index is 12.4. The number of anilines is 1. The second-order valence-corrected chi connectivity index (χ2v) is 41.7. The van der Waals surface area contributed by atoms with Crippen LogP contribution in [0.15, 0.2) is 164 Å². The third-order valence-electron chi connectivity index (χ3n) is 24.6. The molecule has 3 unspecified atom stereocenters.